The molecule has 0 aliphatic heterocycles. The molecular weight excluding hydrogens is 217 g/mol. The van der Waals surface area contributed by atoms with E-state index in [2.05, 4.69) is 9.97 Å². The van der Waals surface area contributed by atoms with Gasteiger partial charge in [-0.05, 0) is 43.3 Å². The van der Waals surface area contributed by atoms with Crippen molar-refractivity contribution in [3.05, 3.63) is 47.5 Å². The van der Waals surface area contributed by atoms with E-state index in [1.165, 1.54) is 12.1 Å². The summed E-state index contributed by atoms with van der Waals surface area (Å²) in [4.78, 5) is 8.62. The lowest BCUT2D eigenvalue weighted by Crippen LogP contribution is -2.05. The Bertz CT molecular complexity index is 526. The minimum Gasteiger partial charge on any atom is -0.330 e. The van der Waals surface area contributed by atoms with Gasteiger partial charge in [0.15, 0.2) is 5.82 Å². The van der Waals surface area contributed by atoms with Gasteiger partial charge in [-0.25, -0.2) is 14.4 Å². The molecule has 88 valence electrons. The Morgan fingerprint density at radius 2 is 2.12 bits per heavy atom. The molecule has 17 heavy (non-hydrogen) atoms. The zero-order chi connectivity index (χ0) is 12.3. The van der Waals surface area contributed by atoms with E-state index in [0.29, 0.717) is 12.4 Å². The molecule has 0 fully saturated rings. The summed E-state index contributed by atoms with van der Waals surface area (Å²) in [5, 5.41) is 0. The van der Waals surface area contributed by atoms with Crippen molar-refractivity contribution in [2.45, 2.75) is 13.3 Å². The van der Waals surface area contributed by atoms with Crippen molar-refractivity contribution >= 4 is 0 Å². The summed E-state index contributed by atoms with van der Waals surface area (Å²) in [6.07, 6.45) is 2.42. The third-order valence-electron chi connectivity index (χ3n) is 2.54. The molecule has 3 nitrogen and oxygen atoms in total. The molecule has 0 saturated carbocycles. The number of nitrogens with zero attached hydrogens (tertiary/aromatic N) is 2. The van der Waals surface area contributed by atoms with Gasteiger partial charge in [-0.2, -0.15) is 0 Å². The molecule has 0 aliphatic rings. The molecule has 0 aliphatic carbocycles. The van der Waals surface area contributed by atoms with Crippen molar-refractivity contribution < 1.29 is 4.39 Å². The first kappa shape index (κ1) is 11.7. The molecular formula is C13H14FN3. The van der Waals surface area contributed by atoms with Gasteiger partial charge < -0.3 is 5.73 Å². The first-order valence-corrected chi connectivity index (χ1v) is 5.49. The molecule has 1 heterocycles. The molecule has 0 atom stereocenters. The maximum Gasteiger partial charge on any atom is 0.159 e. The maximum atomic E-state index is 13.0. The van der Waals surface area contributed by atoms with Gasteiger partial charge >= 0.3 is 0 Å². The van der Waals surface area contributed by atoms with Crippen LogP contribution in [0.25, 0.3) is 11.4 Å². The van der Waals surface area contributed by atoms with Crippen LogP contribution in [0.1, 0.15) is 11.3 Å². The number of benzene rings is 1. The first-order valence-electron chi connectivity index (χ1n) is 5.49. The van der Waals surface area contributed by atoms with E-state index in [-0.39, 0.29) is 5.82 Å². The second-order valence-corrected chi connectivity index (χ2v) is 3.87. The second-order valence-electron chi connectivity index (χ2n) is 3.87. The van der Waals surface area contributed by atoms with E-state index in [1.54, 1.807) is 12.3 Å². The Hall–Kier alpha value is -1.81. The summed E-state index contributed by atoms with van der Waals surface area (Å²) in [5.74, 6) is 0.373. The van der Waals surface area contributed by atoms with E-state index in [9.17, 15) is 4.39 Å². The molecule has 0 unspecified atom stereocenters. The number of nitrogens with two attached hydrogens (primary N) is 1. The van der Waals surface area contributed by atoms with Gasteiger partial charge in [-0.15, -0.1) is 0 Å². The number of aryl methyl sites for hydroxylation is 1. The lowest BCUT2D eigenvalue weighted by molar-refractivity contribution is 0.627. The largest absolute Gasteiger partial charge is 0.330 e. The van der Waals surface area contributed by atoms with Crippen LogP contribution in [0.15, 0.2) is 30.5 Å². The van der Waals surface area contributed by atoms with E-state index < -0.39 is 0 Å². The van der Waals surface area contributed by atoms with Crippen LogP contribution in [0.3, 0.4) is 0 Å². The summed E-state index contributed by atoms with van der Waals surface area (Å²) in [7, 11) is 0. The number of rotatable bonds is 3. The molecule has 1 aromatic carbocycles. The van der Waals surface area contributed by atoms with Crippen molar-refractivity contribution in [1.82, 2.24) is 9.97 Å². The monoisotopic (exact) mass is 231 g/mol. The highest BCUT2D eigenvalue weighted by atomic mass is 19.1. The average Bonchev–Trinajstić information content (AvgIpc) is 2.29. The highest BCUT2D eigenvalue weighted by Crippen LogP contribution is 2.20. The van der Waals surface area contributed by atoms with E-state index in [1.807, 2.05) is 13.0 Å². The summed E-state index contributed by atoms with van der Waals surface area (Å²) in [6.45, 7) is 2.40. The molecule has 2 N–H and O–H groups in total. The molecule has 0 saturated heterocycles. The zero-order valence-electron chi connectivity index (χ0n) is 9.65. The van der Waals surface area contributed by atoms with Crippen LogP contribution in [0, 0.1) is 12.7 Å². The number of aromatic nitrogens is 2. The van der Waals surface area contributed by atoms with Gasteiger partial charge in [0.1, 0.15) is 5.82 Å². The third-order valence-corrected chi connectivity index (χ3v) is 2.54. The fraction of sp³-hybridized carbons (Fsp3) is 0.231. The van der Waals surface area contributed by atoms with Crippen LogP contribution in [-0.4, -0.2) is 16.5 Å². The molecule has 2 aromatic rings. The zero-order valence-corrected chi connectivity index (χ0v) is 9.65. The number of hydrogen-bond acceptors (Lipinski definition) is 3. The Morgan fingerprint density at radius 3 is 2.82 bits per heavy atom. The van der Waals surface area contributed by atoms with Gasteiger partial charge in [-0.3, -0.25) is 0 Å². The summed E-state index contributed by atoms with van der Waals surface area (Å²) < 4.78 is 13.0. The van der Waals surface area contributed by atoms with E-state index in [4.69, 9.17) is 5.73 Å². The SMILES string of the molecule is Cc1cc(F)ccc1-c1nccc(CCN)n1. The average molecular weight is 231 g/mol. The lowest BCUT2D eigenvalue weighted by Gasteiger charge is -2.06. The molecule has 0 spiro atoms. The smallest absolute Gasteiger partial charge is 0.159 e. The van der Waals surface area contributed by atoms with Gasteiger partial charge in [-0.1, -0.05) is 0 Å². The topological polar surface area (TPSA) is 51.8 Å². The summed E-state index contributed by atoms with van der Waals surface area (Å²) in [6, 6.07) is 6.44. The van der Waals surface area contributed by atoms with E-state index >= 15 is 0 Å². The molecule has 4 heteroatoms. The first-order chi connectivity index (χ1) is 8.20. The third kappa shape index (κ3) is 2.65. The second kappa shape index (κ2) is 5.01. The predicted molar refractivity (Wildman–Crippen MR) is 64.9 cm³/mol. The van der Waals surface area contributed by atoms with Crippen molar-refractivity contribution in [2.24, 2.45) is 5.73 Å². The number of halogens is 1. The molecule has 2 rings (SSSR count). The number of hydrogen-bond donors (Lipinski definition) is 1. The van der Waals surface area contributed by atoms with Crippen LogP contribution in [-0.2, 0) is 6.42 Å². The molecule has 0 radical (unpaired) electrons. The summed E-state index contributed by atoms with van der Waals surface area (Å²) in [5.41, 5.74) is 8.07. The normalized spacial score (nSPS) is 10.5. The standard InChI is InChI=1S/C13H14FN3/c1-9-8-10(14)2-3-12(9)13-16-7-5-11(17-13)4-6-15/h2-3,5,7-8H,4,6,15H2,1H3. The minimum atomic E-state index is -0.246. The Kier molecular flexibility index (Phi) is 3.44. The van der Waals surface area contributed by atoms with Crippen LogP contribution < -0.4 is 5.73 Å². The summed E-state index contributed by atoms with van der Waals surface area (Å²) >= 11 is 0. The molecule has 0 bridgehead atoms. The minimum absolute atomic E-state index is 0.246. The quantitative estimate of drug-likeness (QED) is 0.880. The van der Waals surface area contributed by atoms with Crippen molar-refractivity contribution in [3.8, 4) is 11.4 Å². The van der Waals surface area contributed by atoms with E-state index in [0.717, 1.165) is 23.2 Å². The fourth-order valence-electron chi connectivity index (χ4n) is 1.69. The van der Waals surface area contributed by atoms with Crippen molar-refractivity contribution in [3.63, 3.8) is 0 Å². The van der Waals surface area contributed by atoms with Crippen LogP contribution in [0.5, 0.6) is 0 Å². The lowest BCUT2D eigenvalue weighted by atomic mass is 10.1. The molecule has 1 aromatic heterocycles. The van der Waals surface area contributed by atoms with Gasteiger partial charge in [0.2, 0.25) is 0 Å². The van der Waals surface area contributed by atoms with Gasteiger partial charge in [0.25, 0.3) is 0 Å². The Balaban J connectivity index is 2.42. The van der Waals surface area contributed by atoms with Crippen LogP contribution in [0.4, 0.5) is 4.39 Å². The fourth-order valence-corrected chi connectivity index (χ4v) is 1.69. The van der Waals surface area contributed by atoms with Gasteiger partial charge in [0, 0.05) is 23.9 Å². The highest BCUT2D eigenvalue weighted by molar-refractivity contribution is 5.59. The Morgan fingerprint density at radius 1 is 1.29 bits per heavy atom. The van der Waals surface area contributed by atoms with Crippen molar-refractivity contribution in [1.29, 1.82) is 0 Å². The predicted octanol–water partition coefficient (Wildman–Crippen LogP) is 2.09. The highest BCUT2D eigenvalue weighted by Gasteiger charge is 2.06. The molecule has 0 amide bonds. The Labute approximate surface area is 99.5 Å². The van der Waals surface area contributed by atoms with Crippen molar-refractivity contribution in [2.75, 3.05) is 6.54 Å². The maximum absolute atomic E-state index is 13.0. The van der Waals surface area contributed by atoms with Gasteiger partial charge in [0.05, 0.1) is 0 Å². The van der Waals surface area contributed by atoms with Crippen LogP contribution in [0.2, 0.25) is 0 Å². The van der Waals surface area contributed by atoms with Crippen LogP contribution >= 0.6 is 0 Å².